The van der Waals surface area contributed by atoms with Crippen LogP contribution in [0.15, 0.2) is 36.5 Å². The molecule has 1 atom stereocenters. The number of piperidine rings is 1. The van der Waals surface area contributed by atoms with Crippen LogP contribution in [0.5, 0.6) is 0 Å². The highest BCUT2D eigenvalue weighted by Gasteiger charge is 2.33. The topological polar surface area (TPSA) is 70.5 Å². The summed E-state index contributed by atoms with van der Waals surface area (Å²) in [5.74, 6) is -1.23. The summed E-state index contributed by atoms with van der Waals surface area (Å²) in [6.07, 6.45) is 3.77. The SMILES string of the molecule is O=C(O)[C@@H]1CCCCN1C(=O)c1nccc2ccccc12. The lowest BCUT2D eigenvalue weighted by atomic mass is 10.0. The van der Waals surface area contributed by atoms with Crippen molar-refractivity contribution >= 4 is 22.6 Å². The molecule has 2 aromatic rings. The molecule has 0 bridgehead atoms. The van der Waals surface area contributed by atoms with Gasteiger partial charge in [-0.2, -0.15) is 0 Å². The summed E-state index contributed by atoms with van der Waals surface area (Å²) in [7, 11) is 0. The number of carbonyl (C=O) groups is 2. The molecule has 1 saturated heterocycles. The molecule has 108 valence electrons. The molecule has 1 fully saturated rings. The van der Waals surface area contributed by atoms with Crippen LogP contribution in [-0.4, -0.2) is 39.5 Å². The van der Waals surface area contributed by atoms with E-state index in [0.717, 1.165) is 23.6 Å². The van der Waals surface area contributed by atoms with E-state index < -0.39 is 12.0 Å². The minimum atomic E-state index is -0.941. The Labute approximate surface area is 122 Å². The molecule has 1 aliphatic rings. The number of amides is 1. The molecule has 1 aromatic carbocycles. The van der Waals surface area contributed by atoms with Crippen molar-refractivity contribution in [2.45, 2.75) is 25.3 Å². The lowest BCUT2D eigenvalue weighted by Crippen LogP contribution is -2.48. The average molecular weight is 284 g/mol. The van der Waals surface area contributed by atoms with Crippen molar-refractivity contribution in [2.24, 2.45) is 0 Å². The van der Waals surface area contributed by atoms with Gasteiger partial charge in [0.1, 0.15) is 11.7 Å². The Hall–Kier alpha value is -2.43. The lowest BCUT2D eigenvalue weighted by Gasteiger charge is -2.32. The van der Waals surface area contributed by atoms with E-state index in [-0.39, 0.29) is 5.91 Å². The molecule has 5 nitrogen and oxygen atoms in total. The third kappa shape index (κ3) is 2.46. The van der Waals surface area contributed by atoms with Crippen LogP contribution in [0, 0.1) is 0 Å². The van der Waals surface area contributed by atoms with E-state index in [2.05, 4.69) is 4.98 Å². The third-order valence-corrected chi connectivity index (χ3v) is 3.92. The van der Waals surface area contributed by atoms with Crippen LogP contribution in [0.3, 0.4) is 0 Å². The standard InChI is InChI=1S/C16H16N2O3/c19-15(18-10-4-3-7-13(18)16(20)21)14-12-6-2-1-5-11(12)8-9-17-14/h1-2,5-6,8-9,13H,3-4,7,10H2,(H,20,21)/t13-/m0/s1. The van der Waals surface area contributed by atoms with Gasteiger partial charge in [-0.1, -0.05) is 24.3 Å². The Bertz CT molecular complexity index is 693. The van der Waals surface area contributed by atoms with Gasteiger partial charge < -0.3 is 10.0 Å². The summed E-state index contributed by atoms with van der Waals surface area (Å²) in [6.45, 7) is 0.473. The number of benzene rings is 1. The van der Waals surface area contributed by atoms with Gasteiger partial charge in [0.05, 0.1) is 0 Å². The maximum atomic E-state index is 12.7. The number of nitrogens with zero attached hydrogens (tertiary/aromatic N) is 2. The van der Waals surface area contributed by atoms with Crippen LogP contribution in [0.2, 0.25) is 0 Å². The van der Waals surface area contributed by atoms with Gasteiger partial charge in [-0.3, -0.25) is 9.78 Å². The molecule has 1 aliphatic heterocycles. The predicted octanol–water partition coefficient (Wildman–Crippen LogP) is 2.31. The number of hydrogen-bond acceptors (Lipinski definition) is 3. The molecule has 0 saturated carbocycles. The van der Waals surface area contributed by atoms with E-state index in [0.29, 0.717) is 18.7 Å². The second-order valence-corrected chi connectivity index (χ2v) is 5.23. The number of aliphatic carboxylic acids is 1. The molecule has 0 spiro atoms. The van der Waals surface area contributed by atoms with Crippen molar-refractivity contribution in [3.8, 4) is 0 Å². The maximum absolute atomic E-state index is 12.7. The molecule has 0 radical (unpaired) electrons. The molecule has 1 N–H and O–H groups in total. The highest BCUT2D eigenvalue weighted by atomic mass is 16.4. The molecule has 3 rings (SSSR count). The van der Waals surface area contributed by atoms with Crippen molar-refractivity contribution in [1.29, 1.82) is 0 Å². The lowest BCUT2D eigenvalue weighted by molar-refractivity contribution is -0.143. The molecule has 0 unspecified atom stereocenters. The fraction of sp³-hybridized carbons (Fsp3) is 0.312. The number of carbonyl (C=O) groups excluding carboxylic acids is 1. The smallest absolute Gasteiger partial charge is 0.326 e. The second-order valence-electron chi connectivity index (χ2n) is 5.23. The van der Waals surface area contributed by atoms with Crippen LogP contribution < -0.4 is 0 Å². The highest BCUT2D eigenvalue weighted by molar-refractivity contribution is 6.06. The Morgan fingerprint density at radius 3 is 2.81 bits per heavy atom. The molecule has 0 aliphatic carbocycles. The number of rotatable bonds is 2. The fourth-order valence-corrected chi connectivity index (χ4v) is 2.86. The van der Waals surface area contributed by atoms with Crippen LogP contribution >= 0.6 is 0 Å². The van der Waals surface area contributed by atoms with E-state index in [1.165, 1.54) is 4.90 Å². The molecule has 1 amide bonds. The summed E-state index contributed by atoms with van der Waals surface area (Å²) in [4.78, 5) is 29.7. The number of pyridine rings is 1. The Morgan fingerprint density at radius 1 is 1.19 bits per heavy atom. The fourth-order valence-electron chi connectivity index (χ4n) is 2.86. The van der Waals surface area contributed by atoms with Crippen LogP contribution in [-0.2, 0) is 4.79 Å². The minimum Gasteiger partial charge on any atom is -0.480 e. The van der Waals surface area contributed by atoms with Gasteiger partial charge in [-0.25, -0.2) is 4.79 Å². The van der Waals surface area contributed by atoms with E-state index >= 15 is 0 Å². The van der Waals surface area contributed by atoms with Gasteiger partial charge in [0.25, 0.3) is 5.91 Å². The summed E-state index contributed by atoms with van der Waals surface area (Å²) in [5, 5.41) is 11.0. The van der Waals surface area contributed by atoms with Crippen molar-refractivity contribution in [3.63, 3.8) is 0 Å². The number of fused-ring (bicyclic) bond motifs is 1. The zero-order valence-electron chi connectivity index (χ0n) is 11.5. The molecule has 5 heteroatoms. The minimum absolute atomic E-state index is 0.293. The van der Waals surface area contributed by atoms with E-state index in [1.807, 2.05) is 30.3 Å². The highest BCUT2D eigenvalue weighted by Crippen LogP contribution is 2.23. The van der Waals surface area contributed by atoms with Gasteiger partial charge in [0, 0.05) is 18.1 Å². The average Bonchev–Trinajstić information content (AvgIpc) is 2.53. The third-order valence-electron chi connectivity index (χ3n) is 3.92. The van der Waals surface area contributed by atoms with Crippen molar-refractivity contribution in [1.82, 2.24) is 9.88 Å². The summed E-state index contributed by atoms with van der Waals surface area (Å²) in [6, 6.07) is 8.61. The van der Waals surface area contributed by atoms with Crippen molar-refractivity contribution in [3.05, 3.63) is 42.2 Å². The first-order chi connectivity index (χ1) is 10.2. The van der Waals surface area contributed by atoms with E-state index in [1.54, 1.807) is 6.20 Å². The van der Waals surface area contributed by atoms with Gasteiger partial charge in [0.2, 0.25) is 0 Å². The Morgan fingerprint density at radius 2 is 2.00 bits per heavy atom. The van der Waals surface area contributed by atoms with Gasteiger partial charge in [0.15, 0.2) is 0 Å². The maximum Gasteiger partial charge on any atom is 0.326 e. The van der Waals surface area contributed by atoms with Crippen LogP contribution in [0.1, 0.15) is 29.8 Å². The van der Waals surface area contributed by atoms with E-state index in [9.17, 15) is 14.7 Å². The Kier molecular flexibility index (Phi) is 3.56. The first-order valence-corrected chi connectivity index (χ1v) is 7.06. The van der Waals surface area contributed by atoms with Crippen molar-refractivity contribution < 1.29 is 14.7 Å². The molecule has 21 heavy (non-hydrogen) atoms. The molecule has 2 heterocycles. The van der Waals surface area contributed by atoms with Gasteiger partial charge >= 0.3 is 5.97 Å². The first kappa shape index (κ1) is 13.5. The van der Waals surface area contributed by atoms with Gasteiger partial charge in [-0.15, -0.1) is 0 Å². The number of aromatic nitrogens is 1. The van der Waals surface area contributed by atoms with Gasteiger partial charge in [-0.05, 0) is 30.7 Å². The summed E-state index contributed by atoms with van der Waals surface area (Å²) < 4.78 is 0. The molecular formula is C16H16N2O3. The van der Waals surface area contributed by atoms with Crippen molar-refractivity contribution in [2.75, 3.05) is 6.54 Å². The largest absolute Gasteiger partial charge is 0.480 e. The zero-order chi connectivity index (χ0) is 14.8. The Balaban J connectivity index is 2.01. The van der Waals surface area contributed by atoms with E-state index in [4.69, 9.17) is 0 Å². The summed E-state index contributed by atoms with van der Waals surface area (Å²) >= 11 is 0. The molecular weight excluding hydrogens is 268 g/mol. The number of carboxylic acids is 1. The summed E-state index contributed by atoms with van der Waals surface area (Å²) in [5.41, 5.74) is 0.334. The molecule has 1 aromatic heterocycles. The second kappa shape index (κ2) is 5.52. The van der Waals surface area contributed by atoms with Crippen LogP contribution in [0.4, 0.5) is 0 Å². The number of hydrogen-bond donors (Lipinski definition) is 1. The monoisotopic (exact) mass is 284 g/mol. The quantitative estimate of drug-likeness (QED) is 0.918. The normalized spacial score (nSPS) is 18.7. The number of likely N-dealkylation sites (tertiary alicyclic amines) is 1. The first-order valence-electron chi connectivity index (χ1n) is 7.06. The zero-order valence-corrected chi connectivity index (χ0v) is 11.5. The predicted molar refractivity (Wildman–Crippen MR) is 78.1 cm³/mol. The van der Waals surface area contributed by atoms with Crippen LogP contribution in [0.25, 0.3) is 10.8 Å². The number of carboxylic acid groups (broad SMARTS) is 1.